The average Bonchev–Trinajstić information content (AvgIpc) is 2.98. The Bertz CT molecular complexity index is 726. The van der Waals surface area contributed by atoms with E-state index in [4.69, 9.17) is 0 Å². The maximum absolute atomic E-state index is 12.0. The van der Waals surface area contributed by atoms with Crippen LogP contribution in [0.2, 0.25) is 0 Å². The molecule has 2 heterocycles. The van der Waals surface area contributed by atoms with Crippen molar-refractivity contribution >= 4 is 22.6 Å². The molecule has 5 nitrogen and oxygen atoms in total. The number of aromatic amines is 1. The van der Waals surface area contributed by atoms with E-state index in [-0.39, 0.29) is 5.91 Å². The smallest absolute Gasteiger partial charge is 0.230 e. The molecule has 0 spiro atoms. The molecule has 0 saturated heterocycles. The molecule has 2 aromatic heterocycles. The van der Waals surface area contributed by atoms with Gasteiger partial charge in [0.2, 0.25) is 5.91 Å². The molecule has 1 aromatic carbocycles. The number of rotatable bonds is 3. The molecule has 0 aliphatic carbocycles. The fourth-order valence-corrected chi connectivity index (χ4v) is 2.13. The summed E-state index contributed by atoms with van der Waals surface area (Å²) in [6.45, 7) is 0. The fourth-order valence-electron chi connectivity index (χ4n) is 2.13. The lowest BCUT2D eigenvalue weighted by atomic mass is 10.1. The number of carbonyl (C=O) groups is 1. The number of nitrogens with one attached hydrogen (secondary N) is 2. The molecular weight excluding hydrogens is 240 g/mol. The van der Waals surface area contributed by atoms with Gasteiger partial charge in [0.05, 0.1) is 12.6 Å². The van der Waals surface area contributed by atoms with E-state index in [0.29, 0.717) is 12.2 Å². The molecule has 0 saturated carbocycles. The molecule has 5 heteroatoms. The topological polar surface area (TPSA) is 62.7 Å². The van der Waals surface area contributed by atoms with Crippen LogP contribution in [0, 0.1) is 0 Å². The van der Waals surface area contributed by atoms with Crippen molar-refractivity contribution in [3.8, 4) is 0 Å². The molecule has 0 bridgehead atoms. The van der Waals surface area contributed by atoms with Gasteiger partial charge >= 0.3 is 0 Å². The minimum Gasteiger partial charge on any atom is -0.361 e. The van der Waals surface area contributed by atoms with Crippen LogP contribution in [0.1, 0.15) is 5.56 Å². The number of nitrogens with zero attached hydrogens (tertiary/aromatic N) is 2. The van der Waals surface area contributed by atoms with Crippen LogP contribution in [0.5, 0.6) is 0 Å². The van der Waals surface area contributed by atoms with Crippen molar-refractivity contribution in [2.75, 3.05) is 5.32 Å². The quantitative estimate of drug-likeness (QED) is 0.751. The van der Waals surface area contributed by atoms with Gasteiger partial charge in [-0.1, -0.05) is 18.2 Å². The van der Waals surface area contributed by atoms with Gasteiger partial charge < -0.3 is 10.3 Å². The molecule has 0 aliphatic heterocycles. The normalized spacial score (nSPS) is 10.8. The second-order valence-electron chi connectivity index (χ2n) is 4.42. The first-order valence-corrected chi connectivity index (χ1v) is 6.07. The van der Waals surface area contributed by atoms with Gasteiger partial charge in [-0.15, -0.1) is 0 Å². The summed E-state index contributed by atoms with van der Waals surface area (Å²) < 4.78 is 1.63. The molecular formula is C14H14N4O. The van der Waals surface area contributed by atoms with E-state index in [1.54, 1.807) is 24.0 Å². The van der Waals surface area contributed by atoms with Crippen LogP contribution in [0.4, 0.5) is 5.82 Å². The highest BCUT2D eigenvalue weighted by Gasteiger charge is 2.09. The minimum absolute atomic E-state index is 0.0478. The zero-order valence-corrected chi connectivity index (χ0v) is 10.6. The van der Waals surface area contributed by atoms with Crippen LogP contribution in [-0.2, 0) is 18.3 Å². The first-order valence-electron chi connectivity index (χ1n) is 6.07. The summed E-state index contributed by atoms with van der Waals surface area (Å²) in [5, 5.41) is 7.94. The Balaban J connectivity index is 1.78. The van der Waals surface area contributed by atoms with Gasteiger partial charge in [-0.3, -0.25) is 9.48 Å². The molecule has 0 radical (unpaired) electrons. The average molecular weight is 254 g/mol. The number of H-pyrrole nitrogens is 1. The maximum Gasteiger partial charge on any atom is 0.230 e. The van der Waals surface area contributed by atoms with Crippen LogP contribution < -0.4 is 5.32 Å². The number of anilines is 1. The molecule has 3 aromatic rings. The van der Waals surface area contributed by atoms with Crippen molar-refractivity contribution in [2.24, 2.45) is 7.05 Å². The van der Waals surface area contributed by atoms with Crippen molar-refractivity contribution in [1.82, 2.24) is 14.8 Å². The number of para-hydroxylation sites is 1. The van der Waals surface area contributed by atoms with Crippen molar-refractivity contribution in [2.45, 2.75) is 6.42 Å². The molecule has 1 amide bonds. The summed E-state index contributed by atoms with van der Waals surface area (Å²) in [5.74, 6) is 0.651. The molecule has 0 atom stereocenters. The van der Waals surface area contributed by atoms with E-state index >= 15 is 0 Å². The fraction of sp³-hybridized carbons (Fsp3) is 0.143. The predicted octanol–water partition coefficient (Wildman–Crippen LogP) is 2.08. The zero-order valence-electron chi connectivity index (χ0n) is 10.6. The SMILES string of the molecule is Cn1nccc1NC(=O)Cc1c[nH]c2ccccc12. The molecule has 19 heavy (non-hydrogen) atoms. The Morgan fingerprint density at radius 1 is 1.37 bits per heavy atom. The van der Waals surface area contributed by atoms with Crippen LogP contribution >= 0.6 is 0 Å². The van der Waals surface area contributed by atoms with Gasteiger partial charge in [-0.2, -0.15) is 5.10 Å². The number of aryl methyl sites for hydroxylation is 1. The summed E-state index contributed by atoms with van der Waals surface area (Å²) in [6.07, 6.45) is 3.88. The lowest BCUT2D eigenvalue weighted by Crippen LogP contribution is -2.16. The third kappa shape index (κ3) is 2.22. The number of hydrogen-bond donors (Lipinski definition) is 2. The Morgan fingerprint density at radius 2 is 2.21 bits per heavy atom. The molecule has 3 rings (SSSR count). The lowest BCUT2D eigenvalue weighted by molar-refractivity contribution is -0.115. The predicted molar refractivity (Wildman–Crippen MR) is 73.8 cm³/mol. The van der Waals surface area contributed by atoms with Crippen LogP contribution in [0.15, 0.2) is 42.7 Å². The minimum atomic E-state index is -0.0478. The lowest BCUT2D eigenvalue weighted by Gasteiger charge is -2.04. The first kappa shape index (κ1) is 11.5. The highest BCUT2D eigenvalue weighted by atomic mass is 16.1. The number of benzene rings is 1. The van der Waals surface area contributed by atoms with Gasteiger partial charge in [-0.05, 0) is 11.6 Å². The van der Waals surface area contributed by atoms with E-state index in [0.717, 1.165) is 16.5 Å². The van der Waals surface area contributed by atoms with Gasteiger partial charge in [0.15, 0.2) is 0 Å². The van der Waals surface area contributed by atoms with Crippen molar-refractivity contribution < 1.29 is 4.79 Å². The Morgan fingerprint density at radius 3 is 3.00 bits per heavy atom. The summed E-state index contributed by atoms with van der Waals surface area (Å²) in [6, 6.07) is 9.72. The van der Waals surface area contributed by atoms with Gasteiger partial charge in [0.25, 0.3) is 0 Å². The summed E-state index contributed by atoms with van der Waals surface area (Å²) in [5.41, 5.74) is 2.04. The van der Waals surface area contributed by atoms with Crippen molar-refractivity contribution in [3.63, 3.8) is 0 Å². The number of aromatic nitrogens is 3. The monoisotopic (exact) mass is 254 g/mol. The third-order valence-electron chi connectivity index (χ3n) is 3.11. The van der Waals surface area contributed by atoms with Gasteiger partial charge in [0.1, 0.15) is 5.82 Å². The highest BCUT2D eigenvalue weighted by Crippen LogP contribution is 2.18. The van der Waals surface area contributed by atoms with E-state index in [1.165, 1.54) is 0 Å². The van der Waals surface area contributed by atoms with E-state index in [1.807, 2.05) is 30.5 Å². The summed E-state index contributed by atoms with van der Waals surface area (Å²) in [4.78, 5) is 15.2. The van der Waals surface area contributed by atoms with E-state index in [9.17, 15) is 4.79 Å². The number of fused-ring (bicyclic) bond motifs is 1. The Labute approximate surface area is 110 Å². The molecule has 0 aliphatic rings. The maximum atomic E-state index is 12.0. The summed E-state index contributed by atoms with van der Waals surface area (Å²) in [7, 11) is 1.79. The zero-order chi connectivity index (χ0) is 13.2. The second-order valence-corrected chi connectivity index (χ2v) is 4.42. The standard InChI is InChI=1S/C14H14N4O/c1-18-13(6-7-16-18)17-14(19)8-10-9-15-12-5-3-2-4-11(10)12/h2-7,9,15H,8H2,1H3,(H,17,19). The van der Waals surface area contributed by atoms with E-state index < -0.39 is 0 Å². The Hall–Kier alpha value is -2.56. The third-order valence-corrected chi connectivity index (χ3v) is 3.11. The largest absolute Gasteiger partial charge is 0.361 e. The second kappa shape index (κ2) is 4.61. The number of amides is 1. The Kier molecular flexibility index (Phi) is 2.79. The van der Waals surface area contributed by atoms with Crippen LogP contribution in [0.25, 0.3) is 10.9 Å². The molecule has 2 N–H and O–H groups in total. The van der Waals surface area contributed by atoms with Crippen molar-refractivity contribution in [3.05, 3.63) is 48.3 Å². The highest BCUT2D eigenvalue weighted by molar-refractivity contribution is 5.95. The molecule has 0 unspecified atom stereocenters. The molecule has 96 valence electrons. The van der Waals surface area contributed by atoms with Crippen molar-refractivity contribution in [1.29, 1.82) is 0 Å². The van der Waals surface area contributed by atoms with Gasteiger partial charge in [0, 0.05) is 30.2 Å². The number of carbonyl (C=O) groups excluding carboxylic acids is 1. The first-order chi connectivity index (χ1) is 9.24. The van der Waals surface area contributed by atoms with Gasteiger partial charge in [-0.25, -0.2) is 0 Å². The molecule has 0 fully saturated rings. The number of hydrogen-bond acceptors (Lipinski definition) is 2. The van der Waals surface area contributed by atoms with Crippen LogP contribution in [-0.4, -0.2) is 20.7 Å². The summed E-state index contributed by atoms with van der Waals surface area (Å²) >= 11 is 0. The van der Waals surface area contributed by atoms with Crippen LogP contribution in [0.3, 0.4) is 0 Å². The van der Waals surface area contributed by atoms with E-state index in [2.05, 4.69) is 15.4 Å².